The molecular weight excluding hydrogens is 431 g/mol. The molecule has 0 aliphatic heterocycles. The van der Waals surface area contributed by atoms with Crippen LogP contribution in [0.5, 0.6) is 5.75 Å². The topological polar surface area (TPSA) is 63.5 Å². The van der Waals surface area contributed by atoms with Crippen molar-refractivity contribution >= 4 is 29.9 Å². The van der Waals surface area contributed by atoms with E-state index in [9.17, 15) is 8.78 Å². The zero-order chi connectivity index (χ0) is 16.7. The third-order valence-corrected chi connectivity index (χ3v) is 3.22. The lowest BCUT2D eigenvalue weighted by molar-refractivity contribution is 0.0668. The summed E-state index contributed by atoms with van der Waals surface area (Å²) in [5.41, 5.74) is 1.04. The van der Waals surface area contributed by atoms with Gasteiger partial charge in [0.15, 0.2) is 5.96 Å². The molecule has 1 heterocycles. The van der Waals surface area contributed by atoms with Crippen molar-refractivity contribution in [1.29, 1.82) is 0 Å². The van der Waals surface area contributed by atoms with Crippen molar-refractivity contribution in [1.82, 2.24) is 20.2 Å². The average Bonchev–Trinajstić information content (AvgIpc) is 3.04. The van der Waals surface area contributed by atoms with Gasteiger partial charge < -0.3 is 15.4 Å². The molecule has 24 heavy (non-hydrogen) atoms. The highest BCUT2D eigenvalue weighted by Crippen LogP contribution is 2.12. The summed E-state index contributed by atoms with van der Waals surface area (Å²) in [6, 6.07) is 7.60. The van der Waals surface area contributed by atoms with Crippen LogP contribution in [0, 0.1) is 0 Å². The Labute approximate surface area is 156 Å². The minimum absolute atomic E-state index is 0. The van der Waals surface area contributed by atoms with E-state index in [2.05, 4.69) is 20.6 Å². The summed E-state index contributed by atoms with van der Waals surface area (Å²) in [7, 11) is 3.23. The SMILES string of the molecule is CN=C(NCc1ccc(OC)cc1)NCc1nccn1C(F)F.I. The number of methoxy groups -OCH3 is 1. The second kappa shape index (κ2) is 10.1. The normalized spacial score (nSPS) is 11.1. The van der Waals surface area contributed by atoms with Crippen LogP contribution in [0.2, 0.25) is 0 Å². The summed E-state index contributed by atoms with van der Waals surface area (Å²) >= 11 is 0. The van der Waals surface area contributed by atoms with Gasteiger partial charge >= 0.3 is 6.55 Å². The number of imidazole rings is 1. The van der Waals surface area contributed by atoms with E-state index in [0.29, 0.717) is 12.5 Å². The van der Waals surface area contributed by atoms with Crippen LogP contribution in [0.3, 0.4) is 0 Å². The summed E-state index contributed by atoms with van der Waals surface area (Å²) in [6.07, 6.45) is 2.59. The highest BCUT2D eigenvalue weighted by molar-refractivity contribution is 14.0. The van der Waals surface area contributed by atoms with Crippen LogP contribution in [-0.2, 0) is 13.1 Å². The van der Waals surface area contributed by atoms with Gasteiger partial charge in [0.05, 0.1) is 13.7 Å². The molecule has 0 spiro atoms. The number of hydrogen-bond donors (Lipinski definition) is 2. The van der Waals surface area contributed by atoms with Crippen LogP contribution in [-0.4, -0.2) is 29.7 Å². The van der Waals surface area contributed by atoms with Crippen LogP contribution >= 0.6 is 24.0 Å². The number of alkyl halides is 2. The molecule has 0 aliphatic carbocycles. The van der Waals surface area contributed by atoms with Crippen molar-refractivity contribution in [2.75, 3.05) is 14.2 Å². The lowest BCUT2D eigenvalue weighted by Gasteiger charge is -2.13. The smallest absolute Gasteiger partial charge is 0.319 e. The lowest BCUT2D eigenvalue weighted by Crippen LogP contribution is -2.37. The maximum atomic E-state index is 12.7. The molecule has 9 heteroatoms. The molecule has 0 saturated heterocycles. The molecule has 132 valence electrons. The molecule has 1 aromatic carbocycles. The molecule has 0 fully saturated rings. The van der Waals surface area contributed by atoms with E-state index in [1.807, 2.05) is 24.3 Å². The molecule has 0 atom stereocenters. The molecule has 0 saturated carbocycles. The van der Waals surface area contributed by atoms with Gasteiger partial charge in [-0.25, -0.2) is 4.98 Å². The summed E-state index contributed by atoms with van der Waals surface area (Å²) in [6.45, 7) is -1.91. The standard InChI is InChI=1S/C15H19F2N5O.HI/c1-18-15(20-9-11-3-5-12(23-2)6-4-11)21-10-13-19-7-8-22(13)14(16)17;/h3-8,14H,9-10H2,1-2H3,(H2,18,20,21);1H. The molecule has 0 amide bonds. The predicted octanol–water partition coefficient (Wildman–Crippen LogP) is 2.77. The van der Waals surface area contributed by atoms with Crippen LogP contribution < -0.4 is 15.4 Å². The van der Waals surface area contributed by atoms with Gasteiger partial charge in [-0.3, -0.25) is 9.56 Å². The fourth-order valence-corrected chi connectivity index (χ4v) is 1.97. The molecule has 2 N–H and O–H groups in total. The van der Waals surface area contributed by atoms with E-state index in [1.54, 1.807) is 14.2 Å². The minimum atomic E-state index is -2.61. The predicted molar refractivity (Wildman–Crippen MR) is 98.9 cm³/mol. The number of rotatable bonds is 6. The summed E-state index contributed by atoms with van der Waals surface area (Å²) < 4.78 is 31.4. The summed E-state index contributed by atoms with van der Waals surface area (Å²) in [5, 5.41) is 6.07. The zero-order valence-corrected chi connectivity index (χ0v) is 15.7. The minimum Gasteiger partial charge on any atom is -0.497 e. The number of aromatic nitrogens is 2. The maximum Gasteiger partial charge on any atom is 0.319 e. The van der Waals surface area contributed by atoms with E-state index in [0.717, 1.165) is 15.9 Å². The van der Waals surface area contributed by atoms with Gasteiger partial charge in [-0.15, -0.1) is 24.0 Å². The zero-order valence-electron chi connectivity index (χ0n) is 13.4. The Morgan fingerprint density at radius 2 is 1.92 bits per heavy atom. The van der Waals surface area contributed by atoms with E-state index in [1.165, 1.54) is 12.4 Å². The Morgan fingerprint density at radius 3 is 2.50 bits per heavy atom. The third kappa shape index (κ3) is 5.62. The summed E-state index contributed by atoms with van der Waals surface area (Å²) in [5.74, 6) is 1.53. The number of ether oxygens (including phenoxy) is 1. The number of nitrogens with one attached hydrogen (secondary N) is 2. The van der Waals surface area contributed by atoms with Crippen molar-refractivity contribution in [3.05, 3.63) is 48.0 Å². The number of aliphatic imine (C=N–C) groups is 1. The molecule has 1 aromatic heterocycles. The summed E-state index contributed by atoms with van der Waals surface area (Å²) in [4.78, 5) is 7.96. The maximum absolute atomic E-state index is 12.7. The number of halogens is 3. The van der Waals surface area contributed by atoms with E-state index >= 15 is 0 Å². The van der Waals surface area contributed by atoms with Crippen molar-refractivity contribution in [2.24, 2.45) is 4.99 Å². The largest absolute Gasteiger partial charge is 0.497 e. The second-order valence-electron chi connectivity index (χ2n) is 4.66. The van der Waals surface area contributed by atoms with E-state index in [-0.39, 0.29) is 36.3 Å². The fourth-order valence-electron chi connectivity index (χ4n) is 1.97. The van der Waals surface area contributed by atoms with Crippen molar-refractivity contribution in [2.45, 2.75) is 19.6 Å². The molecule has 0 bridgehead atoms. The van der Waals surface area contributed by atoms with Crippen LogP contribution in [0.25, 0.3) is 0 Å². The number of nitrogens with zero attached hydrogens (tertiary/aromatic N) is 3. The van der Waals surface area contributed by atoms with Crippen molar-refractivity contribution in [3.63, 3.8) is 0 Å². The Hall–Kier alpha value is -1.91. The molecule has 6 nitrogen and oxygen atoms in total. The van der Waals surface area contributed by atoms with Crippen LogP contribution in [0.4, 0.5) is 8.78 Å². The van der Waals surface area contributed by atoms with Gasteiger partial charge in [0, 0.05) is 26.0 Å². The highest BCUT2D eigenvalue weighted by atomic mass is 127. The van der Waals surface area contributed by atoms with Gasteiger partial charge in [0.2, 0.25) is 0 Å². The Kier molecular flexibility index (Phi) is 8.44. The van der Waals surface area contributed by atoms with Crippen LogP contribution in [0.15, 0.2) is 41.7 Å². The first-order valence-electron chi connectivity index (χ1n) is 7.01. The molecule has 2 aromatic rings. The van der Waals surface area contributed by atoms with E-state index in [4.69, 9.17) is 4.74 Å². The average molecular weight is 451 g/mol. The van der Waals surface area contributed by atoms with Gasteiger partial charge in [0.25, 0.3) is 0 Å². The molecule has 0 aliphatic rings. The first kappa shape index (κ1) is 20.1. The first-order chi connectivity index (χ1) is 11.1. The third-order valence-electron chi connectivity index (χ3n) is 3.22. The van der Waals surface area contributed by atoms with Gasteiger partial charge in [-0.05, 0) is 17.7 Å². The van der Waals surface area contributed by atoms with Crippen LogP contribution in [0.1, 0.15) is 17.9 Å². The molecule has 2 rings (SSSR count). The van der Waals surface area contributed by atoms with Gasteiger partial charge in [-0.2, -0.15) is 8.78 Å². The molecular formula is C15H20F2IN5O. The number of hydrogen-bond acceptors (Lipinski definition) is 3. The van der Waals surface area contributed by atoms with Gasteiger partial charge in [-0.1, -0.05) is 12.1 Å². The van der Waals surface area contributed by atoms with Crippen molar-refractivity contribution < 1.29 is 13.5 Å². The Bertz CT molecular complexity index is 646. The molecule has 0 unspecified atom stereocenters. The Morgan fingerprint density at radius 1 is 1.25 bits per heavy atom. The number of guanidine groups is 1. The molecule has 0 radical (unpaired) electrons. The van der Waals surface area contributed by atoms with Crippen molar-refractivity contribution in [3.8, 4) is 5.75 Å². The highest BCUT2D eigenvalue weighted by Gasteiger charge is 2.11. The Balaban J connectivity index is 0.00000288. The van der Waals surface area contributed by atoms with Gasteiger partial charge in [0.1, 0.15) is 11.6 Å². The van der Waals surface area contributed by atoms with E-state index < -0.39 is 6.55 Å². The number of benzene rings is 1. The lowest BCUT2D eigenvalue weighted by atomic mass is 10.2. The quantitative estimate of drug-likeness (QED) is 0.403. The monoisotopic (exact) mass is 451 g/mol. The second-order valence-corrected chi connectivity index (χ2v) is 4.66. The first-order valence-corrected chi connectivity index (χ1v) is 7.01. The fraction of sp³-hybridized carbons (Fsp3) is 0.333.